The summed E-state index contributed by atoms with van der Waals surface area (Å²) in [5.41, 5.74) is 4.02. The van der Waals surface area contributed by atoms with Gasteiger partial charge in [0.25, 0.3) is 5.56 Å². The van der Waals surface area contributed by atoms with Gasteiger partial charge in [-0.25, -0.2) is 5.43 Å². The Morgan fingerprint density at radius 1 is 1.20 bits per heavy atom. The van der Waals surface area contributed by atoms with Gasteiger partial charge >= 0.3 is 0 Å². The lowest BCUT2D eigenvalue weighted by molar-refractivity contribution is 0.414. The van der Waals surface area contributed by atoms with E-state index in [-0.39, 0.29) is 17.2 Å². The molecule has 0 amide bonds. The number of hydrazone groups is 1. The summed E-state index contributed by atoms with van der Waals surface area (Å²) in [6, 6.07) is 14.7. The third-order valence-electron chi connectivity index (χ3n) is 3.31. The van der Waals surface area contributed by atoms with Crippen LogP contribution >= 0.6 is 15.9 Å². The van der Waals surface area contributed by atoms with E-state index in [1.807, 2.05) is 36.4 Å². The number of aromatic amines is 1. The van der Waals surface area contributed by atoms with E-state index in [4.69, 9.17) is 4.74 Å². The molecule has 0 fully saturated rings. The number of anilines is 1. The largest absolute Gasteiger partial charge is 0.496 e. The molecule has 3 aromatic rings. The van der Waals surface area contributed by atoms with Crippen LogP contribution in [0.25, 0.3) is 11.3 Å². The Kier molecular flexibility index (Phi) is 5.20. The van der Waals surface area contributed by atoms with Gasteiger partial charge in [0.05, 0.1) is 13.3 Å². The number of nitrogens with zero attached hydrogens (tertiary/aromatic N) is 3. The number of H-pyrrole nitrogens is 1. The molecule has 3 rings (SSSR count). The zero-order valence-corrected chi connectivity index (χ0v) is 14.8. The molecule has 1 heterocycles. The molecule has 126 valence electrons. The maximum absolute atomic E-state index is 12.1. The number of benzene rings is 2. The van der Waals surface area contributed by atoms with Crippen LogP contribution in [0.3, 0.4) is 0 Å². The van der Waals surface area contributed by atoms with Crippen LogP contribution in [-0.4, -0.2) is 28.5 Å². The van der Waals surface area contributed by atoms with E-state index >= 15 is 0 Å². The number of halogens is 1. The van der Waals surface area contributed by atoms with Gasteiger partial charge in [-0.1, -0.05) is 46.3 Å². The highest BCUT2D eigenvalue weighted by atomic mass is 79.9. The molecule has 0 bridgehead atoms. The van der Waals surface area contributed by atoms with Crippen LogP contribution in [0.2, 0.25) is 0 Å². The zero-order valence-electron chi connectivity index (χ0n) is 13.2. The predicted octanol–water partition coefficient (Wildman–Crippen LogP) is 3.05. The number of methoxy groups -OCH3 is 1. The minimum atomic E-state index is -0.348. The van der Waals surface area contributed by atoms with Gasteiger partial charge in [-0.3, -0.25) is 9.78 Å². The highest BCUT2D eigenvalue weighted by Gasteiger charge is 2.06. The van der Waals surface area contributed by atoms with Gasteiger partial charge in [0.1, 0.15) is 5.75 Å². The maximum Gasteiger partial charge on any atom is 0.279 e. The first kappa shape index (κ1) is 16.8. The molecule has 1 aromatic heterocycles. The van der Waals surface area contributed by atoms with Crippen molar-refractivity contribution in [3.05, 3.63) is 68.9 Å². The van der Waals surface area contributed by atoms with E-state index < -0.39 is 0 Å². The Morgan fingerprint density at radius 3 is 2.72 bits per heavy atom. The predicted molar refractivity (Wildman–Crippen MR) is 100.0 cm³/mol. The van der Waals surface area contributed by atoms with Crippen LogP contribution in [0.15, 0.2) is 62.9 Å². The molecule has 25 heavy (non-hydrogen) atoms. The van der Waals surface area contributed by atoms with Crippen molar-refractivity contribution in [2.75, 3.05) is 12.5 Å². The zero-order chi connectivity index (χ0) is 17.6. The van der Waals surface area contributed by atoms with Crippen molar-refractivity contribution in [1.29, 1.82) is 0 Å². The fourth-order valence-corrected chi connectivity index (χ4v) is 2.52. The number of nitrogens with one attached hydrogen (secondary N) is 2. The SMILES string of the molecule is COc1ccc(Br)cc1/C=N/Nc1nnc(-c2ccccc2)c(=O)[nH]1. The summed E-state index contributed by atoms with van der Waals surface area (Å²) in [5.74, 6) is 0.822. The minimum absolute atomic E-state index is 0.148. The van der Waals surface area contributed by atoms with E-state index in [9.17, 15) is 4.79 Å². The Labute approximate surface area is 151 Å². The number of ether oxygens (including phenoxy) is 1. The molecule has 0 unspecified atom stereocenters. The van der Waals surface area contributed by atoms with Crippen LogP contribution in [-0.2, 0) is 0 Å². The lowest BCUT2D eigenvalue weighted by Gasteiger charge is -2.05. The monoisotopic (exact) mass is 399 g/mol. The molecule has 0 aliphatic rings. The first-order valence-electron chi connectivity index (χ1n) is 7.32. The van der Waals surface area contributed by atoms with Crippen LogP contribution in [0.1, 0.15) is 5.56 Å². The Morgan fingerprint density at radius 2 is 2.00 bits per heavy atom. The van der Waals surface area contributed by atoms with Gasteiger partial charge in [-0.2, -0.15) is 5.10 Å². The second-order valence-electron chi connectivity index (χ2n) is 4.97. The number of rotatable bonds is 5. The highest BCUT2D eigenvalue weighted by molar-refractivity contribution is 9.10. The van der Waals surface area contributed by atoms with E-state index in [2.05, 4.69) is 41.6 Å². The summed E-state index contributed by atoms with van der Waals surface area (Å²) >= 11 is 3.39. The van der Waals surface area contributed by atoms with Gasteiger partial charge in [0.2, 0.25) is 5.95 Å². The fourth-order valence-electron chi connectivity index (χ4n) is 2.14. The van der Waals surface area contributed by atoms with E-state index in [0.29, 0.717) is 11.3 Å². The van der Waals surface area contributed by atoms with Crippen molar-refractivity contribution in [2.24, 2.45) is 5.10 Å². The molecular weight excluding hydrogens is 386 g/mol. The number of hydrogen-bond donors (Lipinski definition) is 2. The standard InChI is InChI=1S/C17H14BrN5O2/c1-25-14-8-7-13(18)9-12(14)10-19-22-17-20-16(24)15(21-23-17)11-5-3-2-4-6-11/h2-10H,1H3,(H2,20,22,23,24)/b19-10+. The first-order valence-corrected chi connectivity index (χ1v) is 8.11. The summed E-state index contributed by atoms with van der Waals surface area (Å²) in [6.45, 7) is 0. The fraction of sp³-hybridized carbons (Fsp3) is 0.0588. The molecule has 0 spiro atoms. The van der Waals surface area contributed by atoms with Gasteiger partial charge in [-0.15, -0.1) is 10.2 Å². The van der Waals surface area contributed by atoms with E-state index in [1.165, 1.54) is 0 Å². The molecule has 0 radical (unpaired) electrons. The normalized spacial score (nSPS) is 10.8. The average Bonchev–Trinajstić information content (AvgIpc) is 2.63. The number of aromatic nitrogens is 3. The molecule has 2 aromatic carbocycles. The van der Waals surface area contributed by atoms with Crippen molar-refractivity contribution in [2.45, 2.75) is 0 Å². The molecule has 0 atom stereocenters. The molecule has 2 N–H and O–H groups in total. The van der Waals surface area contributed by atoms with Gasteiger partial charge in [0, 0.05) is 15.6 Å². The quantitative estimate of drug-likeness (QED) is 0.507. The Balaban J connectivity index is 1.77. The summed E-state index contributed by atoms with van der Waals surface area (Å²) in [5, 5.41) is 12.0. The van der Waals surface area contributed by atoms with Crippen molar-refractivity contribution in [3.8, 4) is 17.0 Å². The molecule has 7 nitrogen and oxygen atoms in total. The lowest BCUT2D eigenvalue weighted by atomic mass is 10.2. The van der Waals surface area contributed by atoms with E-state index in [1.54, 1.807) is 25.5 Å². The second kappa shape index (κ2) is 7.71. The van der Waals surface area contributed by atoms with Crippen molar-refractivity contribution >= 4 is 28.1 Å². The molecule has 0 aliphatic carbocycles. The molecule has 0 saturated heterocycles. The van der Waals surface area contributed by atoms with Gasteiger partial charge < -0.3 is 4.74 Å². The van der Waals surface area contributed by atoms with Crippen molar-refractivity contribution < 1.29 is 4.74 Å². The summed E-state index contributed by atoms with van der Waals surface area (Å²) in [7, 11) is 1.58. The molecular formula is C17H14BrN5O2. The van der Waals surface area contributed by atoms with Crippen molar-refractivity contribution in [1.82, 2.24) is 15.2 Å². The highest BCUT2D eigenvalue weighted by Crippen LogP contribution is 2.21. The second-order valence-corrected chi connectivity index (χ2v) is 5.89. The molecule has 8 heteroatoms. The summed E-state index contributed by atoms with van der Waals surface area (Å²) in [6.07, 6.45) is 1.56. The summed E-state index contributed by atoms with van der Waals surface area (Å²) < 4.78 is 6.16. The van der Waals surface area contributed by atoms with E-state index in [0.717, 1.165) is 10.0 Å². The van der Waals surface area contributed by atoms with Crippen LogP contribution in [0.5, 0.6) is 5.75 Å². The van der Waals surface area contributed by atoms with Crippen LogP contribution < -0.4 is 15.7 Å². The Hall–Kier alpha value is -3.00. The lowest BCUT2D eigenvalue weighted by Crippen LogP contribution is -2.15. The Bertz CT molecular complexity index is 957. The third kappa shape index (κ3) is 4.10. The molecule has 0 aliphatic heterocycles. The minimum Gasteiger partial charge on any atom is -0.496 e. The number of hydrogen-bond acceptors (Lipinski definition) is 6. The smallest absolute Gasteiger partial charge is 0.279 e. The van der Waals surface area contributed by atoms with Crippen LogP contribution in [0, 0.1) is 0 Å². The molecule has 0 saturated carbocycles. The third-order valence-corrected chi connectivity index (χ3v) is 3.80. The maximum atomic E-state index is 12.1. The topological polar surface area (TPSA) is 92.3 Å². The van der Waals surface area contributed by atoms with Crippen molar-refractivity contribution in [3.63, 3.8) is 0 Å². The van der Waals surface area contributed by atoms with Gasteiger partial charge in [-0.05, 0) is 18.2 Å². The van der Waals surface area contributed by atoms with Crippen LogP contribution in [0.4, 0.5) is 5.95 Å². The first-order chi connectivity index (χ1) is 12.2. The average molecular weight is 400 g/mol. The van der Waals surface area contributed by atoms with Gasteiger partial charge in [0.15, 0.2) is 5.69 Å². The summed E-state index contributed by atoms with van der Waals surface area (Å²) in [4.78, 5) is 14.7.